The Labute approximate surface area is 102 Å². The minimum atomic E-state index is -1.06. The Kier molecular flexibility index (Phi) is 5.41. The molecule has 0 aliphatic heterocycles. The molecule has 17 heavy (non-hydrogen) atoms. The van der Waals surface area contributed by atoms with E-state index in [0.717, 1.165) is 0 Å². The van der Waals surface area contributed by atoms with Gasteiger partial charge in [-0.1, -0.05) is 13.8 Å². The topological polar surface area (TPSA) is 89.9 Å². The zero-order valence-electron chi connectivity index (χ0n) is 11.0. The zero-order valence-corrected chi connectivity index (χ0v) is 11.0. The minimum absolute atomic E-state index is 0.128. The number of likely N-dealkylation sites (N-methyl/N-ethyl adjacent to an activating group) is 1. The molecule has 0 heterocycles. The van der Waals surface area contributed by atoms with Crippen molar-refractivity contribution in [1.82, 2.24) is 10.2 Å². The Hall–Kier alpha value is -1.30. The molecule has 0 aromatic carbocycles. The first kappa shape index (κ1) is 15.7. The lowest BCUT2D eigenvalue weighted by atomic mass is 10.1. The summed E-state index contributed by atoms with van der Waals surface area (Å²) in [6.07, 6.45) is 0. The van der Waals surface area contributed by atoms with Gasteiger partial charge in [0.2, 0.25) is 0 Å². The fourth-order valence-corrected chi connectivity index (χ4v) is 1.41. The SMILES string of the molecule is CC(C)[C@H](NC(=O)N(C)CC(C)(C)O)C(=O)O. The van der Waals surface area contributed by atoms with Crippen LogP contribution in [0, 0.1) is 5.92 Å². The molecule has 0 rings (SSSR count). The molecular weight excluding hydrogens is 224 g/mol. The van der Waals surface area contributed by atoms with Crippen molar-refractivity contribution in [3.8, 4) is 0 Å². The fraction of sp³-hybridized carbons (Fsp3) is 0.818. The molecule has 2 amide bonds. The Morgan fingerprint density at radius 2 is 1.82 bits per heavy atom. The molecule has 0 aromatic heterocycles. The van der Waals surface area contributed by atoms with Crippen LogP contribution in [0.1, 0.15) is 27.7 Å². The first-order valence-corrected chi connectivity index (χ1v) is 5.51. The van der Waals surface area contributed by atoms with Gasteiger partial charge in [-0.05, 0) is 19.8 Å². The van der Waals surface area contributed by atoms with Crippen LogP contribution < -0.4 is 5.32 Å². The molecule has 0 spiro atoms. The maximum atomic E-state index is 11.7. The van der Waals surface area contributed by atoms with Crippen LogP contribution in [-0.4, -0.2) is 52.3 Å². The van der Waals surface area contributed by atoms with Crippen LogP contribution in [0.25, 0.3) is 0 Å². The largest absolute Gasteiger partial charge is 0.480 e. The predicted molar refractivity (Wildman–Crippen MR) is 63.7 cm³/mol. The summed E-state index contributed by atoms with van der Waals surface area (Å²) >= 11 is 0. The smallest absolute Gasteiger partial charge is 0.326 e. The van der Waals surface area contributed by atoms with Crippen LogP contribution in [0.4, 0.5) is 4.79 Å². The Morgan fingerprint density at radius 1 is 1.35 bits per heavy atom. The number of hydrogen-bond donors (Lipinski definition) is 3. The molecule has 0 fully saturated rings. The second-order valence-corrected chi connectivity index (χ2v) is 5.18. The van der Waals surface area contributed by atoms with Crippen molar-refractivity contribution < 1.29 is 19.8 Å². The molecule has 3 N–H and O–H groups in total. The maximum absolute atomic E-state index is 11.7. The highest BCUT2D eigenvalue weighted by Gasteiger charge is 2.26. The third kappa shape index (κ3) is 6.11. The van der Waals surface area contributed by atoms with E-state index >= 15 is 0 Å². The van der Waals surface area contributed by atoms with E-state index in [4.69, 9.17) is 5.11 Å². The molecule has 1 atom stereocenters. The van der Waals surface area contributed by atoms with Crippen molar-refractivity contribution in [2.75, 3.05) is 13.6 Å². The zero-order chi connectivity index (χ0) is 13.8. The molecule has 0 saturated carbocycles. The fourth-order valence-electron chi connectivity index (χ4n) is 1.41. The number of carbonyl (C=O) groups is 2. The van der Waals surface area contributed by atoms with Gasteiger partial charge in [0.25, 0.3) is 0 Å². The number of hydrogen-bond acceptors (Lipinski definition) is 3. The number of amides is 2. The van der Waals surface area contributed by atoms with Crippen LogP contribution in [0.2, 0.25) is 0 Å². The summed E-state index contributed by atoms with van der Waals surface area (Å²) in [5.74, 6) is -1.27. The summed E-state index contributed by atoms with van der Waals surface area (Å²) in [4.78, 5) is 23.8. The van der Waals surface area contributed by atoms with E-state index in [1.165, 1.54) is 11.9 Å². The minimum Gasteiger partial charge on any atom is -0.480 e. The summed E-state index contributed by atoms with van der Waals surface area (Å²) in [6, 6.07) is -1.43. The van der Waals surface area contributed by atoms with Gasteiger partial charge >= 0.3 is 12.0 Å². The first-order chi connectivity index (χ1) is 7.54. The van der Waals surface area contributed by atoms with Crippen molar-refractivity contribution in [1.29, 1.82) is 0 Å². The number of aliphatic carboxylic acids is 1. The number of aliphatic hydroxyl groups is 1. The number of carboxylic acids is 1. The normalized spacial score (nSPS) is 13.4. The quantitative estimate of drug-likeness (QED) is 0.659. The number of nitrogens with zero attached hydrogens (tertiary/aromatic N) is 1. The average Bonchev–Trinajstić information content (AvgIpc) is 2.09. The van der Waals surface area contributed by atoms with Crippen molar-refractivity contribution in [2.45, 2.75) is 39.3 Å². The maximum Gasteiger partial charge on any atom is 0.326 e. The lowest BCUT2D eigenvalue weighted by Gasteiger charge is -2.27. The third-order valence-corrected chi connectivity index (χ3v) is 2.18. The van der Waals surface area contributed by atoms with E-state index in [9.17, 15) is 14.7 Å². The van der Waals surface area contributed by atoms with Crippen LogP contribution in [0.15, 0.2) is 0 Å². The Balaban J connectivity index is 4.47. The molecular formula is C11H22N2O4. The summed E-state index contributed by atoms with van der Waals surface area (Å²) in [5.41, 5.74) is -1.01. The molecule has 0 bridgehead atoms. The molecule has 0 aliphatic rings. The lowest BCUT2D eigenvalue weighted by molar-refractivity contribution is -0.140. The molecule has 0 aromatic rings. The first-order valence-electron chi connectivity index (χ1n) is 5.51. The number of rotatable bonds is 5. The van der Waals surface area contributed by atoms with Crippen LogP contribution in [-0.2, 0) is 4.79 Å². The van der Waals surface area contributed by atoms with E-state index < -0.39 is 23.6 Å². The van der Waals surface area contributed by atoms with Gasteiger partial charge in [0.1, 0.15) is 6.04 Å². The number of carbonyl (C=O) groups excluding carboxylic acids is 1. The number of carboxylic acid groups (broad SMARTS) is 1. The second kappa shape index (κ2) is 5.86. The van der Waals surface area contributed by atoms with Gasteiger partial charge in [-0.15, -0.1) is 0 Å². The highest BCUT2D eigenvalue weighted by Crippen LogP contribution is 2.06. The standard InChI is InChI=1S/C11H22N2O4/c1-7(2)8(9(14)15)12-10(16)13(5)6-11(3,4)17/h7-8,17H,6H2,1-5H3,(H,12,16)(H,14,15)/t8-/m0/s1. The Bertz CT molecular complexity index is 284. The summed E-state index contributed by atoms with van der Waals surface area (Å²) < 4.78 is 0. The number of nitrogens with one attached hydrogen (secondary N) is 1. The van der Waals surface area contributed by atoms with Gasteiger partial charge in [0.05, 0.1) is 12.1 Å². The van der Waals surface area contributed by atoms with Gasteiger partial charge in [0, 0.05) is 7.05 Å². The van der Waals surface area contributed by atoms with Gasteiger partial charge in [-0.3, -0.25) is 0 Å². The van der Waals surface area contributed by atoms with Crippen molar-refractivity contribution in [2.24, 2.45) is 5.92 Å². The average molecular weight is 246 g/mol. The molecule has 0 aliphatic carbocycles. The molecule has 6 nitrogen and oxygen atoms in total. The molecule has 0 unspecified atom stereocenters. The highest BCUT2D eigenvalue weighted by atomic mass is 16.4. The van der Waals surface area contributed by atoms with E-state index in [2.05, 4.69) is 5.32 Å². The van der Waals surface area contributed by atoms with E-state index in [1.807, 2.05) is 0 Å². The summed E-state index contributed by atoms with van der Waals surface area (Å²) in [7, 11) is 1.51. The number of urea groups is 1. The summed E-state index contributed by atoms with van der Waals surface area (Å²) in [5, 5.41) is 20.9. The van der Waals surface area contributed by atoms with E-state index in [0.29, 0.717) is 0 Å². The van der Waals surface area contributed by atoms with E-state index in [1.54, 1.807) is 27.7 Å². The van der Waals surface area contributed by atoms with Crippen molar-refractivity contribution in [3.05, 3.63) is 0 Å². The molecule has 0 saturated heterocycles. The van der Waals surface area contributed by atoms with Gasteiger partial charge in [-0.2, -0.15) is 0 Å². The molecule has 100 valence electrons. The van der Waals surface area contributed by atoms with Crippen molar-refractivity contribution >= 4 is 12.0 Å². The third-order valence-electron chi connectivity index (χ3n) is 2.18. The molecule has 6 heteroatoms. The molecule has 0 radical (unpaired) electrons. The Morgan fingerprint density at radius 3 is 2.12 bits per heavy atom. The monoisotopic (exact) mass is 246 g/mol. The van der Waals surface area contributed by atoms with Gasteiger partial charge < -0.3 is 20.4 Å². The van der Waals surface area contributed by atoms with Crippen LogP contribution in [0.5, 0.6) is 0 Å². The summed E-state index contributed by atoms with van der Waals surface area (Å²) in [6.45, 7) is 6.72. The van der Waals surface area contributed by atoms with Gasteiger partial charge in [0.15, 0.2) is 0 Å². The van der Waals surface area contributed by atoms with Gasteiger partial charge in [-0.25, -0.2) is 9.59 Å². The van der Waals surface area contributed by atoms with Crippen LogP contribution in [0.3, 0.4) is 0 Å². The van der Waals surface area contributed by atoms with Crippen LogP contribution >= 0.6 is 0 Å². The van der Waals surface area contributed by atoms with Crippen molar-refractivity contribution in [3.63, 3.8) is 0 Å². The predicted octanol–water partition coefficient (Wildman–Crippen LogP) is 0.508. The second-order valence-electron chi connectivity index (χ2n) is 5.18. The highest BCUT2D eigenvalue weighted by molar-refractivity contribution is 5.82. The van der Waals surface area contributed by atoms with E-state index in [-0.39, 0.29) is 12.5 Å². The lowest BCUT2D eigenvalue weighted by Crippen LogP contribution is -2.51.